The van der Waals surface area contributed by atoms with Gasteiger partial charge in [-0.05, 0) is 37.0 Å². The van der Waals surface area contributed by atoms with Gasteiger partial charge in [-0.25, -0.2) is 13.8 Å². The van der Waals surface area contributed by atoms with Gasteiger partial charge < -0.3 is 9.67 Å². The average molecular weight is 359 g/mol. The van der Waals surface area contributed by atoms with Gasteiger partial charge in [-0.15, -0.1) is 3.89 Å². The molecule has 3 aromatic rings. The lowest BCUT2D eigenvalue weighted by Crippen LogP contribution is -2.02. The lowest BCUT2D eigenvalue weighted by molar-refractivity contribution is 0.0697. The van der Waals surface area contributed by atoms with Crippen molar-refractivity contribution < 1.29 is 13.8 Å². The van der Waals surface area contributed by atoms with Gasteiger partial charge in [0.2, 0.25) is 0 Å². The molecule has 0 saturated carbocycles. The zero-order valence-corrected chi connectivity index (χ0v) is 14.6. The molecule has 1 aromatic carbocycles. The van der Waals surface area contributed by atoms with Crippen molar-refractivity contribution >= 4 is 29.2 Å². The predicted octanol–water partition coefficient (Wildman–Crippen LogP) is 4.48. The second kappa shape index (κ2) is 6.22. The van der Waals surface area contributed by atoms with Crippen molar-refractivity contribution in [2.75, 3.05) is 0 Å². The SMILES string of the molecule is CCCc1c2n(c3cc(C(=O)O)ccc13)CCCc1ncn(SF)c1-2. The lowest BCUT2D eigenvalue weighted by Gasteiger charge is -2.10. The van der Waals surface area contributed by atoms with Crippen molar-refractivity contribution in [1.82, 2.24) is 13.5 Å². The van der Waals surface area contributed by atoms with Crippen LogP contribution >= 0.6 is 12.3 Å². The minimum absolute atomic E-state index is 0.154. The van der Waals surface area contributed by atoms with Crippen molar-refractivity contribution in [3.63, 3.8) is 0 Å². The quantitative estimate of drug-likeness (QED) is 0.746. The van der Waals surface area contributed by atoms with Crippen molar-refractivity contribution in [3.05, 3.63) is 41.3 Å². The minimum atomic E-state index is -0.937. The van der Waals surface area contributed by atoms with E-state index >= 15 is 0 Å². The van der Waals surface area contributed by atoms with Gasteiger partial charge >= 0.3 is 5.97 Å². The zero-order valence-electron chi connectivity index (χ0n) is 13.8. The highest BCUT2D eigenvalue weighted by atomic mass is 32.2. The molecule has 5 nitrogen and oxygen atoms in total. The molecule has 0 saturated heterocycles. The molecule has 0 spiro atoms. The molecule has 0 bridgehead atoms. The fraction of sp³-hybridized carbons (Fsp3) is 0.333. The maximum absolute atomic E-state index is 13.5. The molecule has 1 N–H and O–H groups in total. The predicted molar refractivity (Wildman–Crippen MR) is 96.5 cm³/mol. The second-order valence-electron chi connectivity index (χ2n) is 6.30. The Morgan fingerprint density at radius 2 is 2.24 bits per heavy atom. The first-order valence-corrected chi connectivity index (χ1v) is 9.07. The number of carboxylic acids is 1. The standard InChI is InChI=1S/C18H18FN3O2S/c1-2-4-13-12-7-6-11(18(23)24)9-15(12)21-8-3-5-14-17(16(13)21)22(25-19)10-20-14/h6-7,9-10H,2-5,8H2,1H3,(H,23,24). The Bertz CT molecular complexity index is 977. The number of aromatic carboxylic acids is 1. The van der Waals surface area contributed by atoms with E-state index in [0.29, 0.717) is 0 Å². The zero-order chi connectivity index (χ0) is 17.6. The van der Waals surface area contributed by atoms with E-state index in [0.717, 1.165) is 65.8 Å². The third-order valence-electron chi connectivity index (χ3n) is 4.82. The molecule has 25 heavy (non-hydrogen) atoms. The number of hydrogen-bond donors (Lipinski definition) is 1. The molecule has 7 heteroatoms. The number of carboxylic acid groups (broad SMARTS) is 1. The summed E-state index contributed by atoms with van der Waals surface area (Å²) in [6, 6.07) is 5.26. The Morgan fingerprint density at radius 3 is 2.96 bits per heavy atom. The normalized spacial score (nSPS) is 13.5. The molecule has 2 aromatic heterocycles. The number of aryl methyl sites for hydroxylation is 3. The van der Waals surface area contributed by atoms with E-state index in [1.807, 2.05) is 6.07 Å². The third kappa shape index (κ3) is 2.45. The van der Waals surface area contributed by atoms with E-state index in [9.17, 15) is 13.8 Å². The Morgan fingerprint density at radius 1 is 1.40 bits per heavy atom. The largest absolute Gasteiger partial charge is 0.478 e. The molecule has 0 aliphatic carbocycles. The summed E-state index contributed by atoms with van der Waals surface area (Å²) in [7, 11) is 0. The van der Waals surface area contributed by atoms with Gasteiger partial charge in [0, 0.05) is 17.4 Å². The number of imidazole rings is 1. The number of fused-ring (bicyclic) bond motifs is 5. The van der Waals surface area contributed by atoms with E-state index in [1.165, 1.54) is 10.3 Å². The lowest BCUT2D eigenvalue weighted by atomic mass is 10.0. The molecule has 1 aliphatic heterocycles. The smallest absolute Gasteiger partial charge is 0.335 e. The number of benzene rings is 1. The molecule has 130 valence electrons. The summed E-state index contributed by atoms with van der Waals surface area (Å²) >= 11 is 0.154. The Kier molecular flexibility index (Phi) is 4.03. The molecule has 0 unspecified atom stereocenters. The molecular formula is C18H18FN3O2S. The van der Waals surface area contributed by atoms with Gasteiger partial charge in [0.15, 0.2) is 12.3 Å². The number of aromatic nitrogens is 3. The number of rotatable bonds is 4. The summed E-state index contributed by atoms with van der Waals surface area (Å²) in [4.78, 5) is 15.8. The maximum atomic E-state index is 13.5. The summed E-state index contributed by atoms with van der Waals surface area (Å²) < 4.78 is 17.1. The molecule has 1 aliphatic rings. The van der Waals surface area contributed by atoms with Gasteiger partial charge in [0.1, 0.15) is 12.0 Å². The number of halogens is 1. The third-order valence-corrected chi connectivity index (χ3v) is 5.25. The highest BCUT2D eigenvalue weighted by Gasteiger charge is 2.27. The molecule has 4 rings (SSSR count). The van der Waals surface area contributed by atoms with E-state index in [2.05, 4.69) is 16.5 Å². The van der Waals surface area contributed by atoms with Gasteiger partial charge in [-0.3, -0.25) is 0 Å². The van der Waals surface area contributed by atoms with Gasteiger partial charge in [0.25, 0.3) is 0 Å². The van der Waals surface area contributed by atoms with Gasteiger partial charge in [-0.2, -0.15) is 0 Å². The van der Waals surface area contributed by atoms with Gasteiger partial charge in [-0.1, -0.05) is 19.4 Å². The van der Waals surface area contributed by atoms with E-state index in [1.54, 1.807) is 12.1 Å². The Balaban J connectivity index is 2.09. The van der Waals surface area contributed by atoms with Crippen LogP contribution in [0.25, 0.3) is 22.3 Å². The first kappa shape index (κ1) is 16.2. The fourth-order valence-electron chi connectivity index (χ4n) is 3.81. The van der Waals surface area contributed by atoms with Crippen LogP contribution in [0.1, 0.15) is 41.4 Å². The summed E-state index contributed by atoms with van der Waals surface area (Å²) in [5.74, 6) is -0.937. The monoisotopic (exact) mass is 359 g/mol. The molecule has 0 amide bonds. The number of carbonyl (C=O) groups is 1. The van der Waals surface area contributed by atoms with Crippen molar-refractivity contribution in [2.45, 2.75) is 39.2 Å². The molecular weight excluding hydrogens is 341 g/mol. The first-order chi connectivity index (χ1) is 12.2. The van der Waals surface area contributed by atoms with Crippen LogP contribution in [0.15, 0.2) is 24.5 Å². The first-order valence-electron chi connectivity index (χ1n) is 8.39. The highest BCUT2D eigenvalue weighted by Crippen LogP contribution is 2.40. The van der Waals surface area contributed by atoms with Crippen LogP contribution in [0.3, 0.4) is 0 Å². The van der Waals surface area contributed by atoms with Gasteiger partial charge in [0.05, 0.1) is 17.0 Å². The summed E-state index contributed by atoms with van der Waals surface area (Å²) in [5.41, 5.74) is 5.02. The van der Waals surface area contributed by atoms with Crippen LogP contribution in [0.2, 0.25) is 0 Å². The average Bonchev–Trinajstić information content (AvgIpc) is 3.08. The highest BCUT2D eigenvalue weighted by molar-refractivity contribution is 7.92. The van der Waals surface area contributed by atoms with Crippen LogP contribution in [0.5, 0.6) is 0 Å². The summed E-state index contributed by atoms with van der Waals surface area (Å²) in [6.07, 6.45) is 5.02. The van der Waals surface area contributed by atoms with Crippen LogP contribution < -0.4 is 0 Å². The summed E-state index contributed by atoms with van der Waals surface area (Å²) in [6.45, 7) is 2.88. The molecule has 0 fully saturated rings. The van der Waals surface area contributed by atoms with Crippen LogP contribution in [-0.4, -0.2) is 24.6 Å². The Hall–Kier alpha value is -2.28. The fourth-order valence-corrected chi connectivity index (χ4v) is 4.15. The van der Waals surface area contributed by atoms with Crippen molar-refractivity contribution in [1.29, 1.82) is 0 Å². The van der Waals surface area contributed by atoms with Crippen molar-refractivity contribution in [2.24, 2.45) is 0 Å². The second-order valence-corrected chi connectivity index (χ2v) is 6.84. The van der Waals surface area contributed by atoms with E-state index < -0.39 is 5.97 Å². The van der Waals surface area contributed by atoms with E-state index in [-0.39, 0.29) is 17.9 Å². The van der Waals surface area contributed by atoms with E-state index in [4.69, 9.17) is 0 Å². The van der Waals surface area contributed by atoms with Crippen LogP contribution in [0, 0.1) is 0 Å². The maximum Gasteiger partial charge on any atom is 0.335 e. The molecule has 0 radical (unpaired) electrons. The number of nitrogens with zero attached hydrogens (tertiary/aromatic N) is 3. The topological polar surface area (TPSA) is 60.1 Å². The Labute approximate surface area is 148 Å². The van der Waals surface area contributed by atoms with Crippen molar-refractivity contribution in [3.8, 4) is 11.4 Å². The summed E-state index contributed by atoms with van der Waals surface area (Å²) in [5, 5.41) is 10.4. The minimum Gasteiger partial charge on any atom is -0.478 e. The van der Waals surface area contributed by atoms with Crippen LogP contribution in [-0.2, 0) is 19.4 Å². The molecule has 0 atom stereocenters. The van der Waals surface area contributed by atoms with Crippen LogP contribution in [0.4, 0.5) is 3.89 Å². The number of hydrogen-bond acceptors (Lipinski definition) is 3. The molecule has 3 heterocycles.